The summed E-state index contributed by atoms with van der Waals surface area (Å²) in [6.07, 6.45) is 7.28. The van der Waals surface area contributed by atoms with E-state index >= 15 is 0 Å². The van der Waals surface area contributed by atoms with Crippen molar-refractivity contribution >= 4 is 56.5 Å². The molecule has 0 atom stereocenters. The SMILES string of the molecule is CCOc1cc(/C=C2/SC(=O)N(CC3CCCCC3)C2=O)cc(Br)c1OCC(=O)Nc1ccc(F)cc1. The molecule has 2 aromatic carbocycles. The van der Waals surface area contributed by atoms with Crippen molar-refractivity contribution in [3.8, 4) is 11.5 Å². The first-order chi connectivity index (χ1) is 17.8. The van der Waals surface area contributed by atoms with Gasteiger partial charge in [-0.2, -0.15) is 0 Å². The van der Waals surface area contributed by atoms with Crippen LogP contribution in [0, 0.1) is 11.7 Å². The Morgan fingerprint density at radius 3 is 2.59 bits per heavy atom. The van der Waals surface area contributed by atoms with Crippen molar-refractivity contribution < 1.29 is 28.2 Å². The van der Waals surface area contributed by atoms with Crippen molar-refractivity contribution in [1.82, 2.24) is 4.90 Å². The maximum absolute atomic E-state index is 13.1. The average Bonchev–Trinajstić information content (AvgIpc) is 3.13. The Morgan fingerprint density at radius 2 is 1.89 bits per heavy atom. The van der Waals surface area contributed by atoms with Gasteiger partial charge in [-0.05, 0) is 101 Å². The molecular formula is C27H28BrFN2O5S. The largest absolute Gasteiger partial charge is 0.490 e. The van der Waals surface area contributed by atoms with Gasteiger partial charge in [-0.3, -0.25) is 19.3 Å². The van der Waals surface area contributed by atoms with E-state index in [0.29, 0.717) is 51.2 Å². The van der Waals surface area contributed by atoms with Crippen LogP contribution >= 0.6 is 27.7 Å². The minimum Gasteiger partial charge on any atom is -0.490 e. The smallest absolute Gasteiger partial charge is 0.293 e. The topological polar surface area (TPSA) is 84.9 Å². The van der Waals surface area contributed by atoms with Crippen LogP contribution in [0.1, 0.15) is 44.6 Å². The van der Waals surface area contributed by atoms with E-state index in [1.54, 1.807) is 18.2 Å². The third-order valence-corrected chi connectivity index (χ3v) is 7.64. The first-order valence-electron chi connectivity index (χ1n) is 12.2. The van der Waals surface area contributed by atoms with Crippen molar-refractivity contribution in [3.05, 3.63) is 57.2 Å². The van der Waals surface area contributed by atoms with Crippen LogP contribution < -0.4 is 14.8 Å². The predicted molar refractivity (Wildman–Crippen MR) is 145 cm³/mol. The number of carbonyl (C=O) groups excluding carboxylic acids is 3. The third kappa shape index (κ3) is 7.13. The Balaban J connectivity index is 1.45. The summed E-state index contributed by atoms with van der Waals surface area (Å²) in [7, 11) is 0. The lowest BCUT2D eigenvalue weighted by Crippen LogP contribution is -2.34. The van der Waals surface area contributed by atoms with E-state index in [1.165, 1.54) is 35.6 Å². The summed E-state index contributed by atoms with van der Waals surface area (Å²) in [5, 5.41) is 2.40. The van der Waals surface area contributed by atoms with Gasteiger partial charge in [-0.1, -0.05) is 19.3 Å². The molecule has 4 rings (SSSR count). The summed E-state index contributed by atoms with van der Waals surface area (Å²) in [5.41, 5.74) is 1.11. The van der Waals surface area contributed by atoms with Crippen molar-refractivity contribution in [2.24, 2.45) is 5.92 Å². The molecule has 1 saturated heterocycles. The molecular weight excluding hydrogens is 563 g/mol. The first kappa shape index (κ1) is 27.2. The molecule has 37 heavy (non-hydrogen) atoms. The fraction of sp³-hybridized carbons (Fsp3) is 0.370. The Hall–Kier alpha value is -2.85. The van der Waals surface area contributed by atoms with Gasteiger partial charge in [0.2, 0.25) is 0 Å². The second-order valence-electron chi connectivity index (χ2n) is 8.90. The van der Waals surface area contributed by atoms with Crippen molar-refractivity contribution in [2.45, 2.75) is 39.0 Å². The highest BCUT2D eigenvalue weighted by molar-refractivity contribution is 9.10. The van der Waals surface area contributed by atoms with E-state index in [9.17, 15) is 18.8 Å². The van der Waals surface area contributed by atoms with Crippen LogP contribution in [-0.2, 0) is 9.59 Å². The Labute approximate surface area is 227 Å². The van der Waals surface area contributed by atoms with Gasteiger partial charge in [0, 0.05) is 12.2 Å². The molecule has 2 aromatic rings. The molecule has 1 aliphatic heterocycles. The number of benzene rings is 2. The number of thioether (sulfide) groups is 1. The lowest BCUT2D eigenvalue weighted by molar-refractivity contribution is -0.123. The lowest BCUT2D eigenvalue weighted by atomic mass is 9.89. The average molecular weight is 591 g/mol. The molecule has 0 radical (unpaired) electrons. The summed E-state index contributed by atoms with van der Waals surface area (Å²) in [6, 6.07) is 8.87. The van der Waals surface area contributed by atoms with Crippen molar-refractivity contribution in [1.29, 1.82) is 0 Å². The molecule has 0 bridgehead atoms. The fourth-order valence-electron chi connectivity index (χ4n) is 4.38. The van der Waals surface area contributed by atoms with Crippen LogP contribution in [0.3, 0.4) is 0 Å². The van der Waals surface area contributed by atoms with E-state index in [4.69, 9.17) is 9.47 Å². The molecule has 10 heteroatoms. The quantitative estimate of drug-likeness (QED) is 0.330. The second kappa shape index (κ2) is 12.6. The minimum atomic E-state index is -0.420. The third-order valence-electron chi connectivity index (χ3n) is 6.14. The Morgan fingerprint density at radius 1 is 1.16 bits per heavy atom. The van der Waals surface area contributed by atoms with Gasteiger partial charge in [-0.25, -0.2) is 4.39 Å². The number of halogens is 2. The molecule has 0 spiro atoms. The second-order valence-corrected chi connectivity index (χ2v) is 10.8. The molecule has 2 fully saturated rings. The Bertz CT molecular complexity index is 1200. The van der Waals surface area contributed by atoms with Crippen LogP contribution in [0.4, 0.5) is 14.9 Å². The van der Waals surface area contributed by atoms with Gasteiger partial charge < -0.3 is 14.8 Å². The molecule has 7 nitrogen and oxygen atoms in total. The maximum Gasteiger partial charge on any atom is 0.293 e. The first-order valence-corrected chi connectivity index (χ1v) is 13.8. The van der Waals surface area contributed by atoms with Gasteiger partial charge in [0.15, 0.2) is 18.1 Å². The standard InChI is InChI=1S/C27H28BrFN2O5S/c1-2-35-22-13-18(14-23-26(33)31(27(34)37-23)15-17-6-4-3-5-7-17)12-21(28)25(22)36-16-24(32)30-20-10-8-19(29)9-11-20/h8-14,17H,2-7,15-16H2,1H3,(H,30,32)/b23-14+. The number of hydrogen-bond acceptors (Lipinski definition) is 6. The van der Waals surface area contributed by atoms with Crippen LogP contribution in [0.5, 0.6) is 11.5 Å². The fourth-order valence-corrected chi connectivity index (χ4v) is 5.80. The van der Waals surface area contributed by atoms with E-state index in [2.05, 4.69) is 21.2 Å². The van der Waals surface area contributed by atoms with Gasteiger partial charge in [0.25, 0.3) is 17.1 Å². The summed E-state index contributed by atoms with van der Waals surface area (Å²) in [6.45, 7) is 2.35. The normalized spacial score (nSPS) is 17.4. The number of hydrogen-bond donors (Lipinski definition) is 1. The van der Waals surface area contributed by atoms with Crippen molar-refractivity contribution in [2.75, 3.05) is 25.1 Å². The van der Waals surface area contributed by atoms with E-state index in [1.807, 2.05) is 6.92 Å². The number of nitrogens with zero attached hydrogens (tertiary/aromatic N) is 1. The van der Waals surface area contributed by atoms with Crippen LogP contribution in [0.2, 0.25) is 0 Å². The van der Waals surface area contributed by atoms with Crippen molar-refractivity contribution in [3.63, 3.8) is 0 Å². The molecule has 1 N–H and O–H groups in total. The summed E-state index contributed by atoms with van der Waals surface area (Å²) in [5.74, 6) is 0.00695. The number of anilines is 1. The highest BCUT2D eigenvalue weighted by atomic mass is 79.9. The molecule has 1 heterocycles. The van der Waals surface area contributed by atoms with Gasteiger partial charge in [0.1, 0.15) is 5.82 Å². The molecule has 3 amide bonds. The summed E-state index contributed by atoms with van der Waals surface area (Å²) >= 11 is 4.42. The van der Waals surface area contributed by atoms with Crippen LogP contribution in [0.15, 0.2) is 45.8 Å². The zero-order valence-electron chi connectivity index (χ0n) is 20.4. The molecule has 0 aromatic heterocycles. The molecule has 1 aliphatic carbocycles. The highest BCUT2D eigenvalue weighted by Gasteiger charge is 2.36. The van der Waals surface area contributed by atoms with E-state index < -0.39 is 11.7 Å². The van der Waals surface area contributed by atoms with Crippen LogP contribution in [-0.4, -0.2) is 41.7 Å². The zero-order chi connectivity index (χ0) is 26.4. The predicted octanol–water partition coefficient (Wildman–Crippen LogP) is 6.62. The summed E-state index contributed by atoms with van der Waals surface area (Å²) in [4.78, 5) is 39.6. The number of carbonyl (C=O) groups is 3. The number of ether oxygens (including phenoxy) is 2. The Kier molecular flexibility index (Phi) is 9.26. The lowest BCUT2D eigenvalue weighted by Gasteiger charge is -2.25. The van der Waals surface area contributed by atoms with E-state index in [0.717, 1.165) is 37.4 Å². The molecule has 2 aliphatic rings. The number of imide groups is 1. The minimum absolute atomic E-state index is 0.238. The molecule has 1 saturated carbocycles. The van der Waals surface area contributed by atoms with E-state index in [-0.39, 0.29) is 17.8 Å². The number of amides is 3. The number of rotatable bonds is 9. The summed E-state index contributed by atoms with van der Waals surface area (Å²) < 4.78 is 25.1. The van der Waals surface area contributed by atoms with Gasteiger partial charge >= 0.3 is 0 Å². The maximum atomic E-state index is 13.1. The monoisotopic (exact) mass is 590 g/mol. The zero-order valence-corrected chi connectivity index (χ0v) is 22.8. The highest BCUT2D eigenvalue weighted by Crippen LogP contribution is 2.40. The molecule has 196 valence electrons. The number of nitrogens with one attached hydrogen (secondary N) is 1. The van der Waals surface area contributed by atoms with Gasteiger partial charge in [0.05, 0.1) is 16.0 Å². The van der Waals surface area contributed by atoms with Gasteiger partial charge in [-0.15, -0.1) is 0 Å². The van der Waals surface area contributed by atoms with Crippen LogP contribution in [0.25, 0.3) is 6.08 Å². The molecule has 0 unspecified atom stereocenters.